The first-order valence-electron chi connectivity index (χ1n) is 8.62. The Morgan fingerprint density at radius 1 is 1.24 bits per heavy atom. The van der Waals surface area contributed by atoms with Gasteiger partial charge in [0.05, 0.1) is 18.8 Å². The van der Waals surface area contributed by atoms with Gasteiger partial charge < -0.3 is 24.7 Å². The van der Waals surface area contributed by atoms with Crippen LogP contribution in [0.4, 0.5) is 16.2 Å². The molecule has 25 heavy (non-hydrogen) atoms. The molecule has 0 bridgehead atoms. The number of amides is 2. The van der Waals surface area contributed by atoms with Crippen LogP contribution in [0.3, 0.4) is 0 Å². The Labute approximate surface area is 148 Å². The maximum absolute atomic E-state index is 12.1. The molecule has 2 aromatic rings. The van der Waals surface area contributed by atoms with Gasteiger partial charge in [-0.2, -0.15) is 0 Å². The number of hydrogen-bond acceptors (Lipinski definition) is 4. The summed E-state index contributed by atoms with van der Waals surface area (Å²) in [5.41, 5.74) is 1.89. The van der Waals surface area contributed by atoms with Gasteiger partial charge in [0.2, 0.25) is 0 Å². The SMILES string of the molecule is Cc1ccc([C@H](C)NC(=O)Nc2ccc(N3CCO[C@H](C)C3)cc2)o1. The van der Waals surface area contributed by atoms with Crippen LogP contribution >= 0.6 is 0 Å². The average molecular weight is 343 g/mol. The summed E-state index contributed by atoms with van der Waals surface area (Å²) in [6.45, 7) is 8.36. The number of nitrogens with one attached hydrogen (secondary N) is 2. The van der Waals surface area contributed by atoms with Crippen LogP contribution in [0.25, 0.3) is 0 Å². The highest BCUT2D eigenvalue weighted by molar-refractivity contribution is 5.89. The molecule has 6 nitrogen and oxygen atoms in total. The van der Waals surface area contributed by atoms with Gasteiger partial charge in [-0.05, 0) is 57.2 Å². The highest BCUT2D eigenvalue weighted by atomic mass is 16.5. The van der Waals surface area contributed by atoms with Crippen molar-refractivity contribution in [1.82, 2.24) is 5.32 Å². The number of carbonyl (C=O) groups excluding carboxylic acids is 1. The van der Waals surface area contributed by atoms with Crippen molar-refractivity contribution in [3.8, 4) is 0 Å². The van der Waals surface area contributed by atoms with E-state index in [9.17, 15) is 4.79 Å². The lowest BCUT2D eigenvalue weighted by molar-refractivity contribution is 0.0532. The van der Waals surface area contributed by atoms with Gasteiger partial charge in [-0.15, -0.1) is 0 Å². The molecule has 0 unspecified atom stereocenters. The third-order valence-electron chi connectivity index (χ3n) is 4.27. The van der Waals surface area contributed by atoms with Crippen molar-refractivity contribution in [1.29, 1.82) is 0 Å². The van der Waals surface area contributed by atoms with Gasteiger partial charge in [-0.3, -0.25) is 0 Å². The number of nitrogens with zero attached hydrogens (tertiary/aromatic N) is 1. The summed E-state index contributed by atoms with van der Waals surface area (Å²) in [6, 6.07) is 11.2. The zero-order valence-corrected chi connectivity index (χ0v) is 14.9. The highest BCUT2D eigenvalue weighted by Gasteiger charge is 2.17. The molecule has 0 aliphatic carbocycles. The number of rotatable bonds is 4. The van der Waals surface area contributed by atoms with Crippen LogP contribution in [0, 0.1) is 6.92 Å². The third-order valence-corrected chi connectivity index (χ3v) is 4.27. The molecule has 2 heterocycles. The van der Waals surface area contributed by atoms with E-state index in [1.807, 2.05) is 50.2 Å². The smallest absolute Gasteiger partial charge is 0.319 e. The molecule has 1 aliphatic rings. The van der Waals surface area contributed by atoms with Crippen LogP contribution in [0.5, 0.6) is 0 Å². The van der Waals surface area contributed by atoms with Crippen molar-refractivity contribution in [2.45, 2.75) is 32.9 Å². The van der Waals surface area contributed by atoms with E-state index in [1.54, 1.807) is 0 Å². The molecule has 2 amide bonds. The van der Waals surface area contributed by atoms with E-state index in [0.29, 0.717) is 0 Å². The Hall–Kier alpha value is -2.47. The number of aryl methyl sites for hydroxylation is 1. The van der Waals surface area contributed by atoms with E-state index in [0.717, 1.165) is 42.6 Å². The Bertz CT molecular complexity index is 711. The minimum absolute atomic E-state index is 0.192. The van der Waals surface area contributed by atoms with Crippen LogP contribution < -0.4 is 15.5 Å². The molecule has 2 atom stereocenters. The van der Waals surface area contributed by atoms with Crippen molar-refractivity contribution in [2.24, 2.45) is 0 Å². The number of morpholine rings is 1. The second kappa shape index (κ2) is 7.61. The number of anilines is 2. The first-order valence-corrected chi connectivity index (χ1v) is 8.62. The summed E-state index contributed by atoms with van der Waals surface area (Å²) >= 11 is 0. The summed E-state index contributed by atoms with van der Waals surface area (Å²) in [6.07, 6.45) is 0.240. The van der Waals surface area contributed by atoms with Gasteiger partial charge in [0.1, 0.15) is 11.5 Å². The molecule has 1 aliphatic heterocycles. The van der Waals surface area contributed by atoms with Crippen LogP contribution in [0.1, 0.15) is 31.4 Å². The summed E-state index contributed by atoms with van der Waals surface area (Å²) in [7, 11) is 0. The van der Waals surface area contributed by atoms with E-state index in [4.69, 9.17) is 9.15 Å². The van der Waals surface area contributed by atoms with Gasteiger partial charge in [0, 0.05) is 24.5 Å². The highest BCUT2D eigenvalue weighted by Crippen LogP contribution is 2.21. The van der Waals surface area contributed by atoms with E-state index in [1.165, 1.54) is 0 Å². The fourth-order valence-electron chi connectivity index (χ4n) is 2.93. The molecule has 1 aromatic heterocycles. The van der Waals surface area contributed by atoms with Crippen molar-refractivity contribution in [2.75, 3.05) is 29.9 Å². The number of hydrogen-bond donors (Lipinski definition) is 2. The minimum Gasteiger partial charge on any atom is -0.464 e. The van der Waals surface area contributed by atoms with Gasteiger partial charge in [0.25, 0.3) is 0 Å². The molecular formula is C19H25N3O3. The number of ether oxygens (including phenoxy) is 1. The largest absolute Gasteiger partial charge is 0.464 e. The number of benzene rings is 1. The molecule has 3 rings (SSSR count). The van der Waals surface area contributed by atoms with Crippen LogP contribution in [0.2, 0.25) is 0 Å². The molecule has 0 radical (unpaired) electrons. The number of furan rings is 1. The second-order valence-corrected chi connectivity index (χ2v) is 6.44. The van der Waals surface area contributed by atoms with E-state index < -0.39 is 0 Å². The van der Waals surface area contributed by atoms with Gasteiger partial charge in [-0.1, -0.05) is 0 Å². The van der Waals surface area contributed by atoms with Crippen molar-refractivity contribution < 1.29 is 13.9 Å². The summed E-state index contributed by atoms with van der Waals surface area (Å²) < 4.78 is 11.1. The lowest BCUT2D eigenvalue weighted by Gasteiger charge is -2.33. The second-order valence-electron chi connectivity index (χ2n) is 6.44. The first kappa shape index (κ1) is 17.4. The zero-order chi connectivity index (χ0) is 17.8. The summed E-state index contributed by atoms with van der Waals surface area (Å²) in [4.78, 5) is 14.4. The first-order chi connectivity index (χ1) is 12.0. The molecule has 0 saturated carbocycles. The van der Waals surface area contributed by atoms with Crippen LogP contribution in [-0.2, 0) is 4.74 Å². The predicted molar refractivity (Wildman–Crippen MR) is 98.1 cm³/mol. The standard InChI is InChI=1S/C19H25N3O3/c1-13-4-9-18(25-13)15(3)20-19(23)21-16-5-7-17(8-6-16)22-10-11-24-14(2)12-22/h4-9,14-15H,10-12H2,1-3H3,(H2,20,21,23)/t14-,15+/m1/s1. The maximum Gasteiger partial charge on any atom is 0.319 e. The third kappa shape index (κ3) is 4.54. The fraction of sp³-hybridized carbons (Fsp3) is 0.421. The van der Waals surface area contributed by atoms with E-state index >= 15 is 0 Å². The lowest BCUT2D eigenvalue weighted by Crippen LogP contribution is -2.41. The van der Waals surface area contributed by atoms with Crippen LogP contribution in [-0.4, -0.2) is 31.8 Å². The maximum atomic E-state index is 12.1. The molecular weight excluding hydrogens is 318 g/mol. The Morgan fingerprint density at radius 3 is 2.64 bits per heavy atom. The molecule has 1 fully saturated rings. The normalized spacial score (nSPS) is 18.7. The Balaban J connectivity index is 1.54. The number of carbonyl (C=O) groups is 1. The van der Waals surface area contributed by atoms with E-state index in [-0.39, 0.29) is 18.2 Å². The molecule has 1 saturated heterocycles. The molecule has 1 aromatic carbocycles. The van der Waals surface area contributed by atoms with E-state index in [2.05, 4.69) is 22.5 Å². The van der Waals surface area contributed by atoms with Crippen molar-refractivity contribution >= 4 is 17.4 Å². The lowest BCUT2D eigenvalue weighted by atomic mass is 10.2. The zero-order valence-electron chi connectivity index (χ0n) is 14.9. The number of urea groups is 1. The van der Waals surface area contributed by atoms with Crippen LogP contribution in [0.15, 0.2) is 40.8 Å². The average Bonchev–Trinajstić information content (AvgIpc) is 3.02. The van der Waals surface area contributed by atoms with Gasteiger partial charge >= 0.3 is 6.03 Å². The van der Waals surface area contributed by atoms with Gasteiger partial charge in [0.15, 0.2) is 0 Å². The summed E-state index contributed by atoms with van der Waals surface area (Å²) in [5, 5.41) is 5.72. The minimum atomic E-state index is -0.255. The molecule has 6 heteroatoms. The van der Waals surface area contributed by atoms with Crippen molar-refractivity contribution in [3.63, 3.8) is 0 Å². The van der Waals surface area contributed by atoms with Crippen molar-refractivity contribution in [3.05, 3.63) is 47.9 Å². The molecule has 0 spiro atoms. The monoisotopic (exact) mass is 343 g/mol. The predicted octanol–water partition coefficient (Wildman–Crippen LogP) is 3.70. The van der Waals surface area contributed by atoms with Gasteiger partial charge in [-0.25, -0.2) is 4.79 Å². The summed E-state index contributed by atoms with van der Waals surface area (Å²) in [5.74, 6) is 1.57. The Morgan fingerprint density at radius 2 is 2.00 bits per heavy atom. The topological polar surface area (TPSA) is 66.7 Å². The molecule has 134 valence electrons. The fourth-order valence-corrected chi connectivity index (χ4v) is 2.93. The quantitative estimate of drug-likeness (QED) is 0.888. The molecule has 2 N–H and O–H groups in total. The Kier molecular flexibility index (Phi) is 5.28.